The lowest BCUT2D eigenvalue weighted by atomic mass is 10.1. The van der Waals surface area contributed by atoms with E-state index in [2.05, 4.69) is 15.4 Å². The van der Waals surface area contributed by atoms with Gasteiger partial charge in [0.2, 0.25) is 11.7 Å². The molecule has 8 nitrogen and oxygen atoms in total. The fraction of sp³-hybridized carbons (Fsp3) is 0.467. The summed E-state index contributed by atoms with van der Waals surface area (Å²) >= 11 is 0. The molecule has 9 heteroatoms. The molecule has 1 fully saturated rings. The van der Waals surface area contributed by atoms with Crippen molar-refractivity contribution in [3.63, 3.8) is 0 Å². The maximum atomic E-state index is 12.3. The van der Waals surface area contributed by atoms with Crippen LogP contribution in [-0.2, 0) is 21.2 Å². The van der Waals surface area contributed by atoms with Gasteiger partial charge in [-0.3, -0.25) is 4.79 Å². The maximum absolute atomic E-state index is 12.3. The number of carbonyl (C=O) groups excluding carboxylic acids is 1. The van der Waals surface area contributed by atoms with Crippen LogP contribution >= 0.6 is 0 Å². The van der Waals surface area contributed by atoms with Crippen molar-refractivity contribution in [2.24, 2.45) is 0 Å². The minimum Gasteiger partial charge on any atom is -0.340 e. The average Bonchev–Trinajstić information content (AvgIpc) is 3.13. The average molecular weight is 349 g/mol. The van der Waals surface area contributed by atoms with E-state index in [1.165, 1.54) is 9.70 Å². The van der Waals surface area contributed by atoms with E-state index in [1.807, 2.05) is 31.2 Å². The van der Waals surface area contributed by atoms with Crippen molar-refractivity contribution in [1.82, 2.24) is 25.1 Å². The molecule has 1 amide bonds. The molecule has 1 aliphatic heterocycles. The van der Waals surface area contributed by atoms with Crippen LogP contribution in [0.4, 0.5) is 0 Å². The number of aromatic nitrogens is 4. The molecule has 1 aliphatic rings. The zero-order valence-corrected chi connectivity index (χ0v) is 14.4. The Balaban J connectivity index is 1.69. The van der Waals surface area contributed by atoms with Gasteiger partial charge in [-0.15, -0.1) is 10.2 Å². The Morgan fingerprint density at radius 2 is 2.12 bits per heavy atom. The highest BCUT2D eigenvalue weighted by atomic mass is 32.2. The van der Waals surface area contributed by atoms with Gasteiger partial charge >= 0.3 is 0 Å². The minimum atomic E-state index is -3.03. The van der Waals surface area contributed by atoms with E-state index in [0.29, 0.717) is 12.2 Å². The molecule has 0 aliphatic carbocycles. The second-order valence-corrected chi connectivity index (χ2v) is 8.25. The van der Waals surface area contributed by atoms with Crippen LogP contribution in [0.5, 0.6) is 0 Å². The molecule has 2 aromatic rings. The molecule has 0 unspecified atom stereocenters. The summed E-state index contributed by atoms with van der Waals surface area (Å²) in [7, 11) is -1.41. The molecule has 0 spiro atoms. The maximum Gasteiger partial charge on any atom is 0.246 e. The minimum absolute atomic E-state index is 0.0223. The molecular weight excluding hydrogens is 330 g/mol. The van der Waals surface area contributed by atoms with Gasteiger partial charge in [0.15, 0.2) is 9.84 Å². The number of hydrogen-bond acceptors (Lipinski definition) is 6. The van der Waals surface area contributed by atoms with Gasteiger partial charge in [0, 0.05) is 18.7 Å². The van der Waals surface area contributed by atoms with E-state index in [9.17, 15) is 13.2 Å². The summed E-state index contributed by atoms with van der Waals surface area (Å²) in [5, 5.41) is 12.2. The molecule has 1 aromatic heterocycles. The van der Waals surface area contributed by atoms with Crippen LogP contribution in [-0.4, -0.2) is 64.0 Å². The second-order valence-electron chi connectivity index (χ2n) is 6.02. The van der Waals surface area contributed by atoms with Gasteiger partial charge < -0.3 is 4.90 Å². The van der Waals surface area contributed by atoms with E-state index < -0.39 is 9.84 Å². The quantitative estimate of drug-likeness (QED) is 0.787. The Labute approximate surface area is 140 Å². The number of rotatable bonds is 4. The smallest absolute Gasteiger partial charge is 0.246 e. The highest BCUT2D eigenvalue weighted by molar-refractivity contribution is 7.91. The first-order valence-electron chi connectivity index (χ1n) is 7.65. The first-order valence-corrected chi connectivity index (χ1v) is 9.48. The van der Waals surface area contributed by atoms with Gasteiger partial charge in [0.25, 0.3) is 0 Å². The van der Waals surface area contributed by atoms with E-state index in [4.69, 9.17) is 0 Å². The third-order valence-electron chi connectivity index (χ3n) is 4.27. The fourth-order valence-corrected chi connectivity index (χ4v) is 4.53. The zero-order chi connectivity index (χ0) is 17.3. The summed E-state index contributed by atoms with van der Waals surface area (Å²) in [6.07, 6.45) is 0.476. The molecule has 0 bridgehead atoms. The molecule has 3 rings (SSSR count). The van der Waals surface area contributed by atoms with Crippen molar-refractivity contribution in [3.05, 3.63) is 29.8 Å². The van der Waals surface area contributed by atoms with Gasteiger partial charge in [-0.25, -0.2) is 8.42 Å². The number of benzene rings is 1. The van der Waals surface area contributed by atoms with Crippen molar-refractivity contribution in [1.29, 1.82) is 0 Å². The summed E-state index contributed by atoms with van der Waals surface area (Å²) in [6.45, 7) is 1.89. The topological polar surface area (TPSA) is 98.0 Å². The Morgan fingerprint density at radius 1 is 1.38 bits per heavy atom. The normalized spacial score (nSPS) is 19.3. The molecular formula is C15H19N5O3S. The van der Waals surface area contributed by atoms with Crippen LogP contribution in [0.25, 0.3) is 11.4 Å². The van der Waals surface area contributed by atoms with Crippen molar-refractivity contribution >= 4 is 15.7 Å². The predicted octanol–water partition coefficient (Wildman–Crippen LogP) is 0.294. The predicted molar refractivity (Wildman–Crippen MR) is 87.8 cm³/mol. The standard InChI is InChI=1S/C15H19N5O3S/c1-11-5-3-4-6-13(11)15-16-18-20(17-15)9-14(21)19(2)12-7-8-24(22,23)10-12/h3-6,12H,7-10H2,1-2H3/t12-/m0/s1. The molecule has 0 saturated carbocycles. The molecule has 1 aromatic carbocycles. The molecule has 0 N–H and O–H groups in total. The monoisotopic (exact) mass is 349 g/mol. The van der Waals surface area contributed by atoms with Crippen LogP contribution in [0.2, 0.25) is 0 Å². The molecule has 128 valence electrons. The van der Waals surface area contributed by atoms with Crippen LogP contribution in [0, 0.1) is 6.92 Å². The molecule has 2 heterocycles. The molecule has 1 atom stereocenters. The number of tetrazole rings is 1. The number of likely N-dealkylation sites (N-methyl/N-ethyl adjacent to an activating group) is 1. The Kier molecular flexibility index (Phi) is 4.35. The zero-order valence-electron chi connectivity index (χ0n) is 13.6. The molecule has 0 radical (unpaired) electrons. The van der Waals surface area contributed by atoms with Crippen molar-refractivity contribution in [2.75, 3.05) is 18.6 Å². The van der Waals surface area contributed by atoms with Crippen LogP contribution in [0.3, 0.4) is 0 Å². The number of nitrogens with zero attached hydrogens (tertiary/aromatic N) is 5. The Morgan fingerprint density at radius 3 is 2.79 bits per heavy atom. The summed E-state index contributed by atoms with van der Waals surface area (Å²) in [4.78, 5) is 15.0. The van der Waals surface area contributed by atoms with Crippen molar-refractivity contribution in [2.45, 2.75) is 25.9 Å². The van der Waals surface area contributed by atoms with Gasteiger partial charge in [0.1, 0.15) is 6.54 Å². The van der Waals surface area contributed by atoms with Crippen molar-refractivity contribution < 1.29 is 13.2 Å². The van der Waals surface area contributed by atoms with Crippen LogP contribution < -0.4 is 0 Å². The third kappa shape index (κ3) is 3.45. The number of carbonyl (C=O) groups is 1. The van der Waals surface area contributed by atoms with Crippen molar-refractivity contribution in [3.8, 4) is 11.4 Å². The van der Waals surface area contributed by atoms with E-state index in [0.717, 1.165) is 11.1 Å². The molecule has 1 saturated heterocycles. The summed E-state index contributed by atoms with van der Waals surface area (Å²) in [5.41, 5.74) is 1.89. The van der Waals surface area contributed by atoms with Gasteiger partial charge in [-0.2, -0.15) is 4.80 Å². The number of hydrogen-bond donors (Lipinski definition) is 0. The second kappa shape index (κ2) is 6.31. The lowest BCUT2D eigenvalue weighted by molar-refractivity contribution is -0.132. The Hall–Kier alpha value is -2.29. The third-order valence-corrected chi connectivity index (χ3v) is 6.02. The van der Waals surface area contributed by atoms with Crippen LogP contribution in [0.15, 0.2) is 24.3 Å². The summed E-state index contributed by atoms with van der Waals surface area (Å²) in [6, 6.07) is 7.39. The highest BCUT2D eigenvalue weighted by Crippen LogP contribution is 2.19. The fourth-order valence-electron chi connectivity index (χ4n) is 2.76. The van der Waals surface area contributed by atoms with E-state index >= 15 is 0 Å². The largest absolute Gasteiger partial charge is 0.340 e. The lowest BCUT2D eigenvalue weighted by Crippen LogP contribution is -2.40. The summed E-state index contributed by atoms with van der Waals surface area (Å²) < 4.78 is 23.1. The first-order chi connectivity index (χ1) is 11.4. The first kappa shape index (κ1) is 16.6. The van der Waals surface area contributed by atoms with Gasteiger partial charge in [0.05, 0.1) is 11.5 Å². The van der Waals surface area contributed by atoms with E-state index in [1.54, 1.807) is 7.05 Å². The van der Waals surface area contributed by atoms with E-state index in [-0.39, 0.29) is 30.0 Å². The SMILES string of the molecule is Cc1ccccc1-c1nnn(CC(=O)N(C)[C@H]2CCS(=O)(=O)C2)n1. The number of aryl methyl sites for hydroxylation is 1. The molecule has 24 heavy (non-hydrogen) atoms. The van der Waals surface area contributed by atoms with Gasteiger partial charge in [-0.1, -0.05) is 24.3 Å². The van der Waals surface area contributed by atoms with Gasteiger partial charge in [-0.05, 0) is 24.1 Å². The summed E-state index contributed by atoms with van der Waals surface area (Å²) in [5.74, 6) is 0.390. The Bertz CT molecular complexity index is 861. The number of amides is 1. The van der Waals surface area contributed by atoms with Crippen LogP contribution in [0.1, 0.15) is 12.0 Å². The highest BCUT2D eigenvalue weighted by Gasteiger charge is 2.32. The lowest BCUT2D eigenvalue weighted by Gasteiger charge is -2.22. The number of sulfone groups is 1.